The van der Waals surface area contributed by atoms with Crippen LogP contribution in [0.25, 0.3) is 0 Å². The first-order valence-corrected chi connectivity index (χ1v) is 5.58. The zero-order chi connectivity index (χ0) is 13.0. The fourth-order valence-electron chi connectivity index (χ4n) is 0.667. The highest BCUT2D eigenvalue weighted by atomic mass is 16.1. The normalized spacial score (nSPS) is 9.33. The highest BCUT2D eigenvalue weighted by Crippen LogP contribution is 1.80. The Labute approximate surface area is 95.8 Å². The van der Waals surface area contributed by atoms with Crippen molar-refractivity contribution in [3.63, 3.8) is 0 Å². The number of nitrogens with one attached hydrogen (secondary N) is 1. The van der Waals surface area contributed by atoms with Crippen LogP contribution < -0.4 is 11.1 Å². The van der Waals surface area contributed by atoms with Gasteiger partial charge in [-0.3, -0.25) is 0 Å². The van der Waals surface area contributed by atoms with Crippen LogP contribution in [0.3, 0.4) is 0 Å². The van der Waals surface area contributed by atoms with E-state index in [2.05, 4.69) is 33.0 Å². The molecule has 94 valence electrons. The molecule has 0 aromatic rings. The van der Waals surface area contributed by atoms with Crippen LogP contribution in [0.15, 0.2) is 0 Å². The summed E-state index contributed by atoms with van der Waals surface area (Å²) in [5.74, 6) is 0.167. The molecule has 0 aromatic heterocycles. The van der Waals surface area contributed by atoms with Gasteiger partial charge in [0.2, 0.25) is 0 Å². The van der Waals surface area contributed by atoms with Crippen molar-refractivity contribution in [1.29, 1.82) is 0 Å². The van der Waals surface area contributed by atoms with E-state index in [1.165, 1.54) is 13.8 Å². The molecule has 0 rings (SSSR count). The van der Waals surface area contributed by atoms with Crippen LogP contribution >= 0.6 is 0 Å². The largest absolute Gasteiger partial charge is 0.328 e. The molecule has 0 heterocycles. The average Bonchev–Trinajstić information content (AvgIpc) is 1.78. The average molecular weight is 218 g/mol. The SMILES string of the molecule is CC(C)=O.CC(C)N.CC(C)NC(C)C. The lowest BCUT2D eigenvalue weighted by molar-refractivity contribution is -0.114. The van der Waals surface area contributed by atoms with E-state index < -0.39 is 0 Å². The van der Waals surface area contributed by atoms with Gasteiger partial charge in [0.1, 0.15) is 5.78 Å². The Hall–Kier alpha value is -0.410. The third-order valence-electron chi connectivity index (χ3n) is 0.667. The third-order valence-corrected chi connectivity index (χ3v) is 0.667. The molecule has 0 saturated heterocycles. The summed E-state index contributed by atoms with van der Waals surface area (Å²) in [5.41, 5.74) is 5.11. The molecule has 0 atom stereocenters. The van der Waals surface area contributed by atoms with Crippen molar-refractivity contribution in [2.45, 2.75) is 73.5 Å². The number of Topliss-reactive ketones (excluding diaryl/α,β-unsaturated/α-hetero) is 1. The minimum absolute atomic E-state index is 0.167. The zero-order valence-electron chi connectivity index (χ0n) is 11.7. The predicted molar refractivity (Wildman–Crippen MR) is 69.1 cm³/mol. The molecule has 0 aliphatic rings. The number of hydrogen-bond donors (Lipinski definition) is 2. The minimum Gasteiger partial charge on any atom is -0.328 e. The Bertz CT molecular complexity index is 119. The molecule has 3 N–H and O–H groups in total. The number of carbonyl (C=O) groups is 1. The van der Waals surface area contributed by atoms with Gasteiger partial charge in [-0.15, -0.1) is 0 Å². The van der Waals surface area contributed by atoms with Crippen molar-refractivity contribution in [2.75, 3.05) is 0 Å². The van der Waals surface area contributed by atoms with Crippen molar-refractivity contribution in [3.8, 4) is 0 Å². The maximum atomic E-state index is 9.44. The molecule has 0 fully saturated rings. The predicted octanol–water partition coefficient (Wildman–Crippen LogP) is 2.34. The third kappa shape index (κ3) is 142. The van der Waals surface area contributed by atoms with E-state index >= 15 is 0 Å². The molecule has 3 nitrogen and oxygen atoms in total. The van der Waals surface area contributed by atoms with Gasteiger partial charge in [0, 0.05) is 12.1 Å². The second-order valence-electron chi connectivity index (χ2n) is 4.63. The lowest BCUT2D eigenvalue weighted by Gasteiger charge is -2.10. The Kier molecular flexibility index (Phi) is 18.2. The van der Waals surface area contributed by atoms with Crippen molar-refractivity contribution >= 4 is 5.78 Å². The smallest absolute Gasteiger partial charge is 0.126 e. The molecule has 0 radical (unpaired) electrons. The monoisotopic (exact) mass is 218 g/mol. The van der Waals surface area contributed by atoms with Crippen molar-refractivity contribution in [1.82, 2.24) is 5.32 Å². The number of ketones is 1. The van der Waals surface area contributed by atoms with E-state index in [0.29, 0.717) is 18.1 Å². The van der Waals surface area contributed by atoms with Crippen molar-refractivity contribution < 1.29 is 4.79 Å². The number of carbonyl (C=O) groups excluding carboxylic acids is 1. The fraction of sp³-hybridized carbons (Fsp3) is 0.917. The van der Waals surface area contributed by atoms with E-state index in [9.17, 15) is 4.79 Å². The van der Waals surface area contributed by atoms with Crippen molar-refractivity contribution in [3.05, 3.63) is 0 Å². The molecule has 0 saturated carbocycles. The van der Waals surface area contributed by atoms with Crippen LogP contribution in [0.1, 0.15) is 55.4 Å². The van der Waals surface area contributed by atoms with E-state index in [1.54, 1.807) is 0 Å². The summed E-state index contributed by atoms with van der Waals surface area (Å²) in [4.78, 5) is 9.44. The van der Waals surface area contributed by atoms with Crippen molar-refractivity contribution in [2.24, 2.45) is 5.73 Å². The van der Waals surface area contributed by atoms with E-state index in [-0.39, 0.29) is 5.78 Å². The Balaban J connectivity index is -0.000000155. The molecule has 0 aliphatic heterocycles. The van der Waals surface area contributed by atoms with Crippen LogP contribution in [-0.4, -0.2) is 23.9 Å². The topological polar surface area (TPSA) is 55.1 Å². The quantitative estimate of drug-likeness (QED) is 0.748. The van der Waals surface area contributed by atoms with Gasteiger partial charge in [0.05, 0.1) is 0 Å². The van der Waals surface area contributed by atoms with Gasteiger partial charge in [0.15, 0.2) is 0 Å². The van der Waals surface area contributed by atoms with Gasteiger partial charge in [0.25, 0.3) is 0 Å². The van der Waals surface area contributed by atoms with Gasteiger partial charge in [-0.05, 0) is 19.9 Å². The second-order valence-corrected chi connectivity index (χ2v) is 4.63. The maximum Gasteiger partial charge on any atom is 0.126 e. The lowest BCUT2D eigenvalue weighted by Crippen LogP contribution is -2.29. The molecule has 3 heteroatoms. The number of hydrogen-bond acceptors (Lipinski definition) is 3. The maximum absolute atomic E-state index is 9.44. The summed E-state index contributed by atoms with van der Waals surface area (Å²) in [5, 5.41) is 3.31. The summed E-state index contributed by atoms with van der Waals surface area (Å²) in [6, 6.07) is 1.58. The fourth-order valence-corrected chi connectivity index (χ4v) is 0.667. The first-order chi connectivity index (χ1) is 6.59. The lowest BCUT2D eigenvalue weighted by atomic mass is 10.3. The summed E-state index contributed by atoms with van der Waals surface area (Å²) in [6.45, 7) is 15.6. The Morgan fingerprint density at radius 1 is 0.933 bits per heavy atom. The highest BCUT2D eigenvalue weighted by molar-refractivity contribution is 5.72. The van der Waals surface area contributed by atoms with Crippen LogP contribution in [0, 0.1) is 0 Å². The van der Waals surface area contributed by atoms with Crippen LogP contribution in [0.4, 0.5) is 0 Å². The summed E-state index contributed by atoms with van der Waals surface area (Å²) < 4.78 is 0. The summed E-state index contributed by atoms with van der Waals surface area (Å²) in [6.07, 6.45) is 0. The zero-order valence-corrected chi connectivity index (χ0v) is 11.7. The number of nitrogens with two attached hydrogens (primary N) is 1. The molecule has 0 unspecified atom stereocenters. The molecule has 0 aromatic carbocycles. The first kappa shape index (κ1) is 20.1. The van der Waals surface area contributed by atoms with Gasteiger partial charge < -0.3 is 15.8 Å². The Morgan fingerprint density at radius 2 is 1.07 bits per heavy atom. The standard InChI is InChI=1S/C6H15N.C3H9N.C3H6O/c1-5(2)7-6(3)4;2*1-3(2)4/h5-7H,1-4H3;3H,4H2,1-2H3;1-2H3. The van der Waals surface area contributed by atoms with Crippen LogP contribution in [-0.2, 0) is 4.79 Å². The van der Waals surface area contributed by atoms with Crippen LogP contribution in [0.5, 0.6) is 0 Å². The minimum atomic E-state index is 0.167. The van der Waals surface area contributed by atoms with E-state index in [4.69, 9.17) is 5.73 Å². The van der Waals surface area contributed by atoms with Gasteiger partial charge >= 0.3 is 0 Å². The molecule has 15 heavy (non-hydrogen) atoms. The highest BCUT2D eigenvalue weighted by Gasteiger charge is 1.92. The van der Waals surface area contributed by atoms with E-state index in [1.807, 2.05) is 13.8 Å². The molecule has 0 bridgehead atoms. The van der Waals surface area contributed by atoms with Gasteiger partial charge in [-0.25, -0.2) is 0 Å². The summed E-state index contributed by atoms with van der Waals surface area (Å²) >= 11 is 0. The molecule has 0 spiro atoms. The Morgan fingerprint density at radius 3 is 1.07 bits per heavy atom. The first-order valence-electron chi connectivity index (χ1n) is 5.58. The molecular formula is C12H30N2O. The van der Waals surface area contributed by atoms with Gasteiger partial charge in [-0.1, -0.05) is 41.5 Å². The summed E-state index contributed by atoms with van der Waals surface area (Å²) in [7, 11) is 0. The second kappa shape index (κ2) is 13.6. The number of rotatable bonds is 2. The molecular weight excluding hydrogens is 188 g/mol. The molecule has 0 aliphatic carbocycles. The van der Waals surface area contributed by atoms with Gasteiger partial charge in [-0.2, -0.15) is 0 Å². The van der Waals surface area contributed by atoms with E-state index in [0.717, 1.165) is 0 Å². The molecule has 0 amide bonds. The van der Waals surface area contributed by atoms with Crippen LogP contribution in [0.2, 0.25) is 0 Å².